The smallest absolute Gasteiger partial charge is 0.220 e. The summed E-state index contributed by atoms with van der Waals surface area (Å²) < 4.78 is 0. The fourth-order valence-corrected chi connectivity index (χ4v) is 2.65. The van der Waals surface area contributed by atoms with E-state index in [1.165, 1.54) is 0 Å². The Morgan fingerprint density at radius 2 is 2.00 bits per heavy atom. The first-order chi connectivity index (χ1) is 10.7. The highest BCUT2D eigenvalue weighted by atomic mass is 16.2. The Morgan fingerprint density at radius 3 is 2.73 bits per heavy atom. The van der Waals surface area contributed by atoms with Gasteiger partial charge in [0.15, 0.2) is 0 Å². The number of nitrogens with one attached hydrogen (secondary N) is 1. The average Bonchev–Trinajstić information content (AvgIpc) is 2.99. The highest BCUT2D eigenvalue weighted by Crippen LogP contribution is 2.15. The van der Waals surface area contributed by atoms with Gasteiger partial charge in [-0.25, -0.2) is 0 Å². The highest BCUT2D eigenvalue weighted by Gasteiger charge is 2.25. The van der Waals surface area contributed by atoms with Gasteiger partial charge in [-0.2, -0.15) is 0 Å². The molecule has 1 aromatic rings. The highest BCUT2D eigenvalue weighted by molar-refractivity contribution is 5.86. The lowest BCUT2D eigenvalue weighted by Gasteiger charge is -2.18. The van der Waals surface area contributed by atoms with Crippen LogP contribution in [0.1, 0.15) is 31.2 Å². The Kier molecular flexibility index (Phi) is 6.27. The minimum absolute atomic E-state index is 0.0172. The van der Waals surface area contributed by atoms with Crippen LogP contribution < -0.4 is 5.32 Å². The lowest BCUT2D eigenvalue weighted by Crippen LogP contribution is -2.35. The molecule has 1 heterocycles. The largest absolute Gasteiger partial charge is 0.352 e. The zero-order valence-corrected chi connectivity index (χ0v) is 12.7. The Bertz CT molecular complexity index is 516. The molecule has 0 aromatic heterocycles. The third-order valence-electron chi connectivity index (χ3n) is 3.91. The first kappa shape index (κ1) is 16.4. The van der Waals surface area contributed by atoms with Gasteiger partial charge in [-0.1, -0.05) is 30.3 Å². The maximum absolute atomic E-state index is 11.9. The summed E-state index contributed by atoms with van der Waals surface area (Å²) in [6, 6.07) is 9.52. The maximum atomic E-state index is 11.9. The Labute approximate surface area is 130 Å². The first-order valence-corrected chi connectivity index (χ1v) is 7.70. The number of Topliss-reactive ketones (excluding diaryl/α,β-unsaturated/α-hetero) is 1. The number of nitrogens with zero attached hydrogens (tertiary/aromatic N) is 1. The molecule has 5 heteroatoms. The number of benzene rings is 1. The van der Waals surface area contributed by atoms with E-state index in [9.17, 15) is 14.4 Å². The van der Waals surface area contributed by atoms with E-state index >= 15 is 0 Å². The van der Waals surface area contributed by atoms with Gasteiger partial charge < -0.3 is 10.1 Å². The average molecular weight is 302 g/mol. The lowest BCUT2D eigenvalue weighted by molar-refractivity contribution is -0.126. The molecule has 1 saturated heterocycles. The van der Waals surface area contributed by atoms with E-state index in [1.54, 1.807) is 0 Å². The van der Waals surface area contributed by atoms with Crippen LogP contribution in [0.15, 0.2) is 30.3 Å². The van der Waals surface area contributed by atoms with Gasteiger partial charge in [0.2, 0.25) is 5.91 Å². The molecular weight excluding hydrogens is 280 g/mol. The molecule has 1 fully saturated rings. The number of rotatable bonds is 8. The summed E-state index contributed by atoms with van der Waals surface area (Å²) in [5.41, 5.74) is 1.04. The summed E-state index contributed by atoms with van der Waals surface area (Å²) in [6.45, 7) is 1.54. The molecule has 0 bridgehead atoms. The van der Waals surface area contributed by atoms with E-state index in [4.69, 9.17) is 0 Å². The number of carbonyl (C=O) groups is 3. The first-order valence-electron chi connectivity index (χ1n) is 7.70. The van der Waals surface area contributed by atoms with Crippen molar-refractivity contribution in [2.45, 2.75) is 38.3 Å². The molecule has 22 heavy (non-hydrogen) atoms. The summed E-state index contributed by atoms with van der Waals surface area (Å²) in [5, 5.41) is 2.81. The van der Waals surface area contributed by atoms with Gasteiger partial charge in [0.25, 0.3) is 0 Å². The minimum Gasteiger partial charge on any atom is -0.352 e. The quantitative estimate of drug-likeness (QED) is 0.735. The van der Waals surface area contributed by atoms with Gasteiger partial charge in [-0.05, 0) is 24.9 Å². The van der Waals surface area contributed by atoms with Crippen LogP contribution in [0.5, 0.6) is 0 Å². The molecule has 1 N–H and O–H groups in total. The molecule has 0 aliphatic carbocycles. The van der Waals surface area contributed by atoms with Crippen LogP contribution in [0.2, 0.25) is 0 Å². The van der Waals surface area contributed by atoms with Crippen molar-refractivity contribution in [3.05, 3.63) is 35.9 Å². The van der Waals surface area contributed by atoms with Gasteiger partial charge in [-0.3, -0.25) is 14.5 Å². The Morgan fingerprint density at radius 1 is 1.23 bits per heavy atom. The number of carbonyl (C=O) groups excluding carboxylic acids is 3. The molecular formula is C17H22N2O3. The molecule has 0 spiro atoms. The molecule has 0 saturated carbocycles. The molecule has 0 radical (unpaired) electrons. The van der Waals surface area contributed by atoms with E-state index in [0.29, 0.717) is 6.54 Å². The van der Waals surface area contributed by atoms with Gasteiger partial charge in [0, 0.05) is 19.4 Å². The molecule has 2 rings (SSSR count). The molecule has 1 aromatic carbocycles. The summed E-state index contributed by atoms with van der Waals surface area (Å²) in [5.74, 6) is -0.103. The number of hydrogen-bond donors (Lipinski definition) is 1. The summed E-state index contributed by atoms with van der Waals surface area (Å²) >= 11 is 0. The third kappa shape index (κ3) is 5.07. The number of hydrogen-bond acceptors (Lipinski definition) is 4. The van der Waals surface area contributed by atoms with Gasteiger partial charge in [0.05, 0.1) is 12.6 Å². The van der Waals surface area contributed by atoms with E-state index in [0.717, 1.165) is 31.2 Å². The van der Waals surface area contributed by atoms with Gasteiger partial charge in [-0.15, -0.1) is 0 Å². The van der Waals surface area contributed by atoms with Crippen molar-refractivity contribution in [2.24, 2.45) is 0 Å². The standard InChI is InChI=1S/C17H22N2O3/c20-13-15-7-4-10-19(15)12-16(21)8-9-17(22)18-11-14-5-2-1-3-6-14/h1-3,5-6,13,15H,4,7-12H2,(H,18,22)/t15-/m0/s1. The number of likely N-dealkylation sites (tertiary alicyclic amines) is 1. The Hall–Kier alpha value is -2.01. The second-order valence-electron chi connectivity index (χ2n) is 5.62. The van der Waals surface area contributed by atoms with Crippen LogP contribution in [0, 0.1) is 0 Å². The van der Waals surface area contributed by atoms with Gasteiger partial charge >= 0.3 is 0 Å². The van der Waals surface area contributed by atoms with Crippen LogP contribution in [-0.2, 0) is 20.9 Å². The van der Waals surface area contributed by atoms with Crippen molar-refractivity contribution in [1.29, 1.82) is 0 Å². The SMILES string of the molecule is O=C[C@@H]1CCCN1CC(=O)CCC(=O)NCc1ccccc1. The minimum atomic E-state index is -0.129. The molecule has 1 aliphatic rings. The van der Waals surface area contributed by atoms with Crippen LogP contribution in [-0.4, -0.2) is 42.0 Å². The van der Waals surface area contributed by atoms with Crippen molar-refractivity contribution < 1.29 is 14.4 Å². The van der Waals surface area contributed by atoms with Crippen LogP contribution in [0.25, 0.3) is 0 Å². The van der Waals surface area contributed by atoms with E-state index in [-0.39, 0.29) is 37.1 Å². The molecule has 118 valence electrons. The predicted molar refractivity (Wildman–Crippen MR) is 83.2 cm³/mol. The van der Waals surface area contributed by atoms with Crippen LogP contribution in [0.4, 0.5) is 0 Å². The molecule has 1 atom stereocenters. The molecule has 1 amide bonds. The second-order valence-corrected chi connectivity index (χ2v) is 5.62. The van der Waals surface area contributed by atoms with E-state index in [2.05, 4.69) is 5.32 Å². The second kappa shape index (κ2) is 8.44. The fraction of sp³-hybridized carbons (Fsp3) is 0.471. The van der Waals surface area contributed by atoms with Crippen molar-refractivity contribution >= 4 is 18.0 Å². The molecule has 1 aliphatic heterocycles. The summed E-state index contributed by atoms with van der Waals surface area (Å²) in [7, 11) is 0. The van der Waals surface area contributed by atoms with E-state index in [1.807, 2.05) is 35.2 Å². The number of ketones is 1. The maximum Gasteiger partial charge on any atom is 0.220 e. The van der Waals surface area contributed by atoms with E-state index < -0.39 is 0 Å². The molecule has 5 nitrogen and oxygen atoms in total. The van der Waals surface area contributed by atoms with Crippen molar-refractivity contribution in [3.8, 4) is 0 Å². The van der Waals surface area contributed by atoms with Crippen LogP contribution in [0.3, 0.4) is 0 Å². The number of aldehydes is 1. The van der Waals surface area contributed by atoms with Gasteiger partial charge in [0.1, 0.15) is 12.1 Å². The zero-order valence-electron chi connectivity index (χ0n) is 12.7. The van der Waals surface area contributed by atoms with Crippen LogP contribution >= 0.6 is 0 Å². The van der Waals surface area contributed by atoms with Crippen molar-refractivity contribution in [1.82, 2.24) is 10.2 Å². The lowest BCUT2D eigenvalue weighted by atomic mass is 10.1. The summed E-state index contributed by atoms with van der Waals surface area (Å²) in [6.07, 6.45) is 3.11. The van der Waals surface area contributed by atoms with Crippen molar-refractivity contribution in [3.63, 3.8) is 0 Å². The Balaban J connectivity index is 1.65. The normalized spacial score (nSPS) is 18.1. The summed E-state index contributed by atoms with van der Waals surface area (Å²) in [4.78, 5) is 36.4. The number of amides is 1. The third-order valence-corrected chi connectivity index (χ3v) is 3.91. The van der Waals surface area contributed by atoms with Crippen molar-refractivity contribution in [2.75, 3.05) is 13.1 Å². The topological polar surface area (TPSA) is 66.5 Å². The fourth-order valence-electron chi connectivity index (χ4n) is 2.65. The predicted octanol–water partition coefficient (Wildman–Crippen LogP) is 1.32. The molecule has 0 unspecified atom stereocenters. The monoisotopic (exact) mass is 302 g/mol. The zero-order chi connectivity index (χ0) is 15.8.